The van der Waals surface area contributed by atoms with Gasteiger partial charge in [0.1, 0.15) is 11.3 Å². The van der Waals surface area contributed by atoms with E-state index in [0.29, 0.717) is 24.5 Å². The van der Waals surface area contributed by atoms with E-state index >= 15 is 0 Å². The molecule has 0 spiro atoms. The molecule has 33 heavy (non-hydrogen) atoms. The van der Waals surface area contributed by atoms with E-state index in [1.807, 2.05) is 48.0 Å². The first-order valence-corrected chi connectivity index (χ1v) is 10.3. The number of pyridine rings is 1. The smallest absolute Gasteiger partial charge is 0.293 e. The number of rotatable bonds is 8. The number of aromatic nitrogens is 2. The van der Waals surface area contributed by atoms with Crippen LogP contribution in [0.1, 0.15) is 15.9 Å². The molecular weight excluding hydrogens is 422 g/mol. The van der Waals surface area contributed by atoms with Crippen molar-refractivity contribution in [2.24, 2.45) is 0 Å². The fourth-order valence-corrected chi connectivity index (χ4v) is 3.48. The molecule has 4 rings (SSSR count). The monoisotopic (exact) mass is 445 g/mol. The van der Waals surface area contributed by atoms with Crippen molar-refractivity contribution in [2.75, 3.05) is 30.9 Å². The van der Waals surface area contributed by atoms with Gasteiger partial charge >= 0.3 is 0 Å². The lowest BCUT2D eigenvalue weighted by atomic mass is 10.1. The van der Waals surface area contributed by atoms with Crippen molar-refractivity contribution < 1.29 is 14.5 Å². The molecule has 0 saturated heterocycles. The number of imidazole rings is 1. The second-order valence-electron chi connectivity index (χ2n) is 7.49. The first kappa shape index (κ1) is 22.0. The van der Waals surface area contributed by atoms with Crippen LogP contribution in [-0.2, 0) is 4.74 Å². The van der Waals surface area contributed by atoms with E-state index in [1.165, 1.54) is 12.1 Å². The van der Waals surface area contributed by atoms with Crippen LogP contribution in [0.2, 0.25) is 0 Å². The second kappa shape index (κ2) is 9.49. The summed E-state index contributed by atoms with van der Waals surface area (Å²) in [6, 6.07) is 15.6. The minimum absolute atomic E-state index is 0.170. The van der Waals surface area contributed by atoms with Gasteiger partial charge in [-0.05, 0) is 42.8 Å². The summed E-state index contributed by atoms with van der Waals surface area (Å²) in [5, 5.41) is 17.2. The summed E-state index contributed by atoms with van der Waals surface area (Å²) in [7, 11) is 1.55. The quantitative estimate of drug-likeness (QED) is 0.234. The van der Waals surface area contributed by atoms with E-state index in [4.69, 9.17) is 4.74 Å². The molecule has 0 aliphatic rings. The number of hydrogen-bond donors (Lipinski definition) is 2. The Balaban J connectivity index is 1.49. The number of aryl methyl sites for hydroxylation is 1. The van der Waals surface area contributed by atoms with Gasteiger partial charge in [-0.1, -0.05) is 18.2 Å². The lowest BCUT2D eigenvalue weighted by molar-refractivity contribution is -0.384. The van der Waals surface area contributed by atoms with Gasteiger partial charge in [-0.2, -0.15) is 0 Å². The van der Waals surface area contributed by atoms with E-state index in [1.54, 1.807) is 25.3 Å². The fraction of sp³-hybridized carbons (Fsp3) is 0.167. The number of nitrogens with one attached hydrogen (secondary N) is 2. The molecule has 168 valence electrons. The van der Waals surface area contributed by atoms with Gasteiger partial charge < -0.3 is 19.8 Å². The van der Waals surface area contributed by atoms with Gasteiger partial charge in [-0.25, -0.2) is 4.98 Å². The van der Waals surface area contributed by atoms with E-state index in [9.17, 15) is 14.9 Å². The largest absolute Gasteiger partial charge is 0.383 e. The van der Waals surface area contributed by atoms with E-state index in [-0.39, 0.29) is 11.3 Å². The first-order chi connectivity index (χ1) is 16.0. The molecule has 2 aromatic carbocycles. The maximum absolute atomic E-state index is 12.7. The summed E-state index contributed by atoms with van der Waals surface area (Å²) in [5.41, 5.74) is 4.66. The van der Waals surface area contributed by atoms with Crippen LogP contribution in [0.4, 0.5) is 17.1 Å². The molecule has 0 unspecified atom stereocenters. The molecule has 2 N–H and O–H groups in total. The average molecular weight is 445 g/mol. The molecule has 2 heterocycles. The fourth-order valence-electron chi connectivity index (χ4n) is 3.48. The number of carbonyl (C=O) groups is 1. The summed E-state index contributed by atoms with van der Waals surface area (Å²) in [6.45, 7) is 2.84. The zero-order valence-electron chi connectivity index (χ0n) is 18.2. The van der Waals surface area contributed by atoms with Crippen molar-refractivity contribution in [2.45, 2.75) is 6.92 Å². The van der Waals surface area contributed by atoms with Crippen LogP contribution >= 0.6 is 0 Å². The van der Waals surface area contributed by atoms with Crippen LogP contribution in [-0.4, -0.2) is 40.5 Å². The lowest BCUT2D eigenvalue weighted by Gasteiger charge is -2.09. The third-order valence-electron chi connectivity index (χ3n) is 5.19. The molecule has 1 amide bonds. The Kier molecular flexibility index (Phi) is 6.32. The van der Waals surface area contributed by atoms with Crippen molar-refractivity contribution in [1.29, 1.82) is 0 Å². The number of nitrogens with zero attached hydrogens (tertiary/aromatic N) is 3. The molecule has 0 radical (unpaired) electrons. The van der Waals surface area contributed by atoms with Gasteiger partial charge in [-0.15, -0.1) is 0 Å². The minimum atomic E-state index is -0.517. The normalized spacial score (nSPS) is 10.8. The number of nitro benzene ring substituents is 1. The standard InChI is InChI=1S/C24H23N5O4/c1-16-4-3-12-28-15-21(27-23(16)28)17-5-8-19(9-6-17)26-24(30)18-7-10-20(25-11-13-33-2)22(14-18)29(31)32/h3-10,12,14-15,25H,11,13H2,1-2H3,(H,26,30). The Morgan fingerprint density at radius 2 is 1.97 bits per heavy atom. The van der Waals surface area contributed by atoms with Crippen LogP contribution < -0.4 is 10.6 Å². The molecule has 0 saturated carbocycles. The highest BCUT2D eigenvalue weighted by Gasteiger charge is 2.18. The highest BCUT2D eigenvalue weighted by atomic mass is 16.6. The van der Waals surface area contributed by atoms with Crippen molar-refractivity contribution in [3.05, 3.63) is 88.2 Å². The first-order valence-electron chi connectivity index (χ1n) is 10.3. The second-order valence-corrected chi connectivity index (χ2v) is 7.49. The summed E-state index contributed by atoms with van der Waals surface area (Å²) in [4.78, 5) is 28.3. The summed E-state index contributed by atoms with van der Waals surface area (Å²) < 4.78 is 6.92. The molecule has 0 atom stereocenters. The van der Waals surface area contributed by atoms with Crippen molar-refractivity contribution in [3.63, 3.8) is 0 Å². The van der Waals surface area contributed by atoms with Crippen LogP contribution in [0.3, 0.4) is 0 Å². The van der Waals surface area contributed by atoms with E-state index < -0.39 is 10.8 Å². The lowest BCUT2D eigenvalue weighted by Crippen LogP contribution is -2.13. The Hall–Kier alpha value is -4.24. The Morgan fingerprint density at radius 1 is 1.18 bits per heavy atom. The highest BCUT2D eigenvalue weighted by molar-refractivity contribution is 6.05. The minimum Gasteiger partial charge on any atom is -0.383 e. The van der Waals surface area contributed by atoms with Gasteiger partial charge in [0.15, 0.2) is 0 Å². The van der Waals surface area contributed by atoms with Gasteiger partial charge in [0.25, 0.3) is 11.6 Å². The van der Waals surface area contributed by atoms with Crippen LogP contribution in [0, 0.1) is 17.0 Å². The number of anilines is 2. The van der Waals surface area contributed by atoms with Gasteiger partial charge in [0.2, 0.25) is 0 Å². The molecule has 4 aromatic rings. The molecule has 0 fully saturated rings. The molecule has 9 heteroatoms. The van der Waals surface area contributed by atoms with E-state index in [2.05, 4.69) is 15.6 Å². The van der Waals surface area contributed by atoms with Crippen molar-refractivity contribution in [1.82, 2.24) is 9.38 Å². The summed E-state index contributed by atoms with van der Waals surface area (Å²) in [6.07, 6.45) is 3.91. The van der Waals surface area contributed by atoms with Gasteiger partial charge in [0, 0.05) is 48.9 Å². The number of ether oxygens (including phenoxy) is 1. The predicted octanol–water partition coefficient (Wildman–Crippen LogP) is 4.53. The average Bonchev–Trinajstić information content (AvgIpc) is 3.25. The Bertz CT molecular complexity index is 1310. The number of hydrogen-bond acceptors (Lipinski definition) is 6. The maximum Gasteiger partial charge on any atom is 0.293 e. The number of carbonyl (C=O) groups excluding carboxylic acids is 1. The number of methoxy groups -OCH3 is 1. The summed E-state index contributed by atoms with van der Waals surface area (Å²) >= 11 is 0. The van der Waals surface area contributed by atoms with Crippen LogP contribution in [0.5, 0.6) is 0 Å². The third-order valence-corrected chi connectivity index (χ3v) is 5.19. The number of benzene rings is 2. The molecule has 2 aromatic heterocycles. The number of amides is 1. The van der Waals surface area contributed by atoms with Crippen molar-refractivity contribution >= 4 is 28.6 Å². The molecule has 9 nitrogen and oxygen atoms in total. The number of nitro groups is 1. The zero-order valence-corrected chi connectivity index (χ0v) is 18.2. The molecule has 0 aliphatic heterocycles. The molecule has 0 bridgehead atoms. The molecular formula is C24H23N5O4. The van der Waals surface area contributed by atoms with Gasteiger partial charge in [0.05, 0.1) is 17.2 Å². The highest BCUT2D eigenvalue weighted by Crippen LogP contribution is 2.27. The molecule has 0 aliphatic carbocycles. The topological polar surface area (TPSA) is 111 Å². The number of fused-ring (bicyclic) bond motifs is 1. The van der Waals surface area contributed by atoms with Crippen LogP contribution in [0.15, 0.2) is 67.0 Å². The van der Waals surface area contributed by atoms with Gasteiger partial charge in [-0.3, -0.25) is 14.9 Å². The Morgan fingerprint density at radius 3 is 2.67 bits per heavy atom. The maximum atomic E-state index is 12.7. The third kappa shape index (κ3) is 4.83. The zero-order chi connectivity index (χ0) is 23.4. The van der Waals surface area contributed by atoms with Crippen LogP contribution in [0.25, 0.3) is 16.9 Å². The SMILES string of the molecule is COCCNc1ccc(C(=O)Nc2ccc(-c3cn4cccc(C)c4n3)cc2)cc1[N+](=O)[O-]. The van der Waals surface area contributed by atoms with Crippen molar-refractivity contribution in [3.8, 4) is 11.3 Å². The Labute approximate surface area is 190 Å². The predicted molar refractivity (Wildman–Crippen MR) is 127 cm³/mol. The van der Waals surface area contributed by atoms with E-state index in [0.717, 1.165) is 22.5 Å². The summed E-state index contributed by atoms with van der Waals surface area (Å²) in [5.74, 6) is -0.433.